The summed E-state index contributed by atoms with van der Waals surface area (Å²) in [6.45, 7) is 2.13. The molecule has 0 aromatic carbocycles. The number of nitrogens with zero attached hydrogens (tertiary/aromatic N) is 1. The average Bonchev–Trinajstić information content (AvgIpc) is 2.17. The van der Waals surface area contributed by atoms with Gasteiger partial charge in [-0.05, 0) is 19.4 Å². The molecule has 0 bridgehead atoms. The Labute approximate surface area is 90.3 Å². The zero-order chi connectivity index (χ0) is 11.5. The number of carbonyl (C=O) groups is 1. The van der Waals surface area contributed by atoms with Gasteiger partial charge in [0.1, 0.15) is 0 Å². The van der Waals surface area contributed by atoms with E-state index >= 15 is 0 Å². The maximum atomic E-state index is 10.2. The molecule has 0 rings (SSSR count). The van der Waals surface area contributed by atoms with Gasteiger partial charge < -0.3 is 15.3 Å². The highest BCUT2D eigenvalue weighted by atomic mass is 16.4. The zero-order valence-electron chi connectivity index (χ0n) is 9.06. The standard InChI is InChI=1S/C10H21NO4/c12-8-6-11(7-9-13)5-3-1-2-4-10(14)15/h12-13H,1-9H2,(H,14,15). The molecular weight excluding hydrogens is 198 g/mol. The molecule has 5 heteroatoms. The van der Waals surface area contributed by atoms with Crippen LogP contribution in [0.25, 0.3) is 0 Å². The number of aliphatic hydroxyl groups excluding tert-OH is 2. The molecule has 0 aromatic rings. The molecule has 0 fully saturated rings. The minimum Gasteiger partial charge on any atom is -0.481 e. The van der Waals surface area contributed by atoms with Crippen LogP contribution in [0, 0.1) is 0 Å². The van der Waals surface area contributed by atoms with Crippen LogP contribution in [0.4, 0.5) is 0 Å². The Kier molecular flexibility index (Phi) is 9.46. The van der Waals surface area contributed by atoms with Gasteiger partial charge in [0.25, 0.3) is 0 Å². The second-order valence-electron chi connectivity index (χ2n) is 3.49. The Morgan fingerprint density at radius 2 is 1.53 bits per heavy atom. The lowest BCUT2D eigenvalue weighted by Crippen LogP contribution is -2.30. The Balaban J connectivity index is 3.39. The molecule has 0 amide bonds. The molecule has 0 saturated heterocycles. The van der Waals surface area contributed by atoms with E-state index in [1.165, 1.54) is 0 Å². The first-order chi connectivity index (χ1) is 7.20. The van der Waals surface area contributed by atoms with Crippen LogP contribution in [0.3, 0.4) is 0 Å². The Bertz CT molecular complexity index is 158. The molecule has 0 aliphatic carbocycles. The molecule has 0 unspecified atom stereocenters. The Morgan fingerprint density at radius 3 is 2.00 bits per heavy atom. The van der Waals surface area contributed by atoms with Crippen molar-refractivity contribution in [2.45, 2.75) is 25.7 Å². The summed E-state index contributed by atoms with van der Waals surface area (Å²) < 4.78 is 0. The van der Waals surface area contributed by atoms with E-state index in [0.29, 0.717) is 19.5 Å². The van der Waals surface area contributed by atoms with Crippen LogP contribution in [0.15, 0.2) is 0 Å². The van der Waals surface area contributed by atoms with E-state index < -0.39 is 5.97 Å². The third-order valence-electron chi connectivity index (χ3n) is 2.20. The van der Waals surface area contributed by atoms with Crippen molar-refractivity contribution in [3.05, 3.63) is 0 Å². The fourth-order valence-corrected chi connectivity index (χ4v) is 1.41. The van der Waals surface area contributed by atoms with Crippen molar-refractivity contribution in [1.29, 1.82) is 0 Å². The van der Waals surface area contributed by atoms with Crippen LogP contribution in [-0.2, 0) is 4.79 Å². The minimum absolute atomic E-state index is 0.0924. The third-order valence-corrected chi connectivity index (χ3v) is 2.20. The lowest BCUT2D eigenvalue weighted by Gasteiger charge is -2.19. The van der Waals surface area contributed by atoms with Gasteiger partial charge in [-0.3, -0.25) is 9.69 Å². The predicted molar refractivity (Wildman–Crippen MR) is 56.7 cm³/mol. The summed E-state index contributed by atoms with van der Waals surface area (Å²) in [4.78, 5) is 12.2. The van der Waals surface area contributed by atoms with Gasteiger partial charge in [-0.1, -0.05) is 6.42 Å². The van der Waals surface area contributed by atoms with Crippen molar-refractivity contribution in [2.24, 2.45) is 0 Å². The number of aliphatic carboxylic acids is 1. The summed E-state index contributed by atoms with van der Waals surface area (Å²) in [5.74, 6) is -0.752. The lowest BCUT2D eigenvalue weighted by atomic mass is 10.2. The van der Waals surface area contributed by atoms with Gasteiger partial charge in [-0.2, -0.15) is 0 Å². The van der Waals surface area contributed by atoms with Crippen molar-refractivity contribution >= 4 is 5.97 Å². The molecule has 3 N–H and O–H groups in total. The van der Waals surface area contributed by atoms with Crippen LogP contribution >= 0.6 is 0 Å². The second kappa shape index (κ2) is 9.89. The summed E-state index contributed by atoms with van der Waals surface area (Å²) >= 11 is 0. The number of unbranched alkanes of at least 4 members (excludes halogenated alkanes) is 2. The summed E-state index contributed by atoms with van der Waals surface area (Å²) in [7, 11) is 0. The van der Waals surface area contributed by atoms with E-state index in [9.17, 15) is 4.79 Å². The first kappa shape index (κ1) is 14.3. The SMILES string of the molecule is O=C(O)CCCCCN(CCO)CCO. The van der Waals surface area contributed by atoms with Gasteiger partial charge in [0.2, 0.25) is 0 Å². The molecule has 0 heterocycles. The monoisotopic (exact) mass is 219 g/mol. The molecule has 0 aliphatic heterocycles. The van der Waals surface area contributed by atoms with Crippen LogP contribution < -0.4 is 0 Å². The summed E-state index contributed by atoms with van der Waals surface area (Å²) in [6.07, 6.45) is 2.70. The molecule has 0 aliphatic rings. The highest BCUT2D eigenvalue weighted by Crippen LogP contribution is 2.01. The van der Waals surface area contributed by atoms with Crippen LogP contribution in [-0.4, -0.2) is 59.0 Å². The quantitative estimate of drug-likeness (QED) is 0.448. The van der Waals surface area contributed by atoms with E-state index in [1.807, 2.05) is 4.90 Å². The molecule has 0 atom stereocenters. The van der Waals surface area contributed by atoms with Crippen LogP contribution in [0.1, 0.15) is 25.7 Å². The molecular formula is C10H21NO4. The minimum atomic E-state index is -0.752. The van der Waals surface area contributed by atoms with Crippen molar-refractivity contribution in [1.82, 2.24) is 4.90 Å². The summed E-state index contributed by atoms with van der Waals surface area (Å²) in [5, 5.41) is 25.9. The summed E-state index contributed by atoms with van der Waals surface area (Å²) in [5.41, 5.74) is 0. The lowest BCUT2D eigenvalue weighted by molar-refractivity contribution is -0.137. The fraction of sp³-hybridized carbons (Fsp3) is 0.900. The van der Waals surface area contributed by atoms with E-state index in [2.05, 4.69) is 0 Å². The molecule has 0 spiro atoms. The van der Waals surface area contributed by atoms with Crippen molar-refractivity contribution < 1.29 is 20.1 Å². The predicted octanol–water partition coefficient (Wildman–Crippen LogP) is -0.0820. The second-order valence-corrected chi connectivity index (χ2v) is 3.49. The molecule has 0 saturated carbocycles. The van der Waals surface area contributed by atoms with E-state index in [-0.39, 0.29) is 19.6 Å². The van der Waals surface area contributed by atoms with Crippen LogP contribution in [0.2, 0.25) is 0 Å². The molecule has 90 valence electrons. The van der Waals surface area contributed by atoms with Gasteiger partial charge in [-0.15, -0.1) is 0 Å². The van der Waals surface area contributed by atoms with Crippen molar-refractivity contribution in [3.63, 3.8) is 0 Å². The normalized spacial score (nSPS) is 10.9. The van der Waals surface area contributed by atoms with Gasteiger partial charge in [-0.25, -0.2) is 0 Å². The van der Waals surface area contributed by atoms with Crippen molar-refractivity contribution in [3.8, 4) is 0 Å². The Morgan fingerprint density at radius 1 is 0.933 bits per heavy atom. The van der Waals surface area contributed by atoms with E-state index in [1.54, 1.807) is 0 Å². The highest BCUT2D eigenvalue weighted by Gasteiger charge is 2.03. The number of carboxylic acid groups (broad SMARTS) is 1. The summed E-state index contributed by atoms with van der Waals surface area (Å²) in [6, 6.07) is 0. The topological polar surface area (TPSA) is 81.0 Å². The Hall–Kier alpha value is -0.650. The maximum Gasteiger partial charge on any atom is 0.303 e. The molecule has 15 heavy (non-hydrogen) atoms. The van der Waals surface area contributed by atoms with Gasteiger partial charge in [0.05, 0.1) is 13.2 Å². The number of hydrogen-bond donors (Lipinski definition) is 3. The molecule has 5 nitrogen and oxygen atoms in total. The fourth-order valence-electron chi connectivity index (χ4n) is 1.41. The molecule has 0 radical (unpaired) electrons. The highest BCUT2D eigenvalue weighted by molar-refractivity contribution is 5.66. The van der Waals surface area contributed by atoms with Crippen LogP contribution in [0.5, 0.6) is 0 Å². The first-order valence-electron chi connectivity index (χ1n) is 5.36. The van der Waals surface area contributed by atoms with Gasteiger partial charge >= 0.3 is 5.97 Å². The number of carboxylic acids is 1. The number of rotatable bonds is 10. The third kappa shape index (κ3) is 9.65. The van der Waals surface area contributed by atoms with E-state index in [4.69, 9.17) is 15.3 Å². The maximum absolute atomic E-state index is 10.2. The first-order valence-corrected chi connectivity index (χ1v) is 5.36. The number of aliphatic hydroxyl groups is 2. The number of hydrogen-bond acceptors (Lipinski definition) is 4. The van der Waals surface area contributed by atoms with Crippen molar-refractivity contribution in [2.75, 3.05) is 32.8 Å². The average molecular weight is 219 g/mol. The van der Waals surface area contributed by atoms with Gasteiger partial charge in [0.15, 0.2) is 0 Å². The van der Waals surface area contributed by atoms with Gasteiger partial charge in [0, 0.05) is 19.5 Å². The molecule has 0 aromatic heterocycles. The van der Waals surface area contributed by atoms with E-state index in [0.717, 1.165) is 19.4 Å². The largest absolute Gasteiger partial charge is 0.481 e. The zero-order valence-corrected chi connectivity index (χ0v) is 9.06. The smallest absolute Gasteiger partial charge is 0.303 e.